The lowest BCUT2D eigenvalue weighted by Crippen LogP contribution is -2.34. The normalized spacial score (nSPS) is 19.5. The molecule has 3 N–H and O–H groups in total. The average molecular weight is 331 g/mol. The molecule has 1 atom stereocenters. The summed E-state index contributed by atoms with van der Waals surface area (Å²) in [5.74, 6) is 0. The monoisotopic (exact) mass is 330 g/mol. The summed E-state index contributed by atoms with van der Waals surface area (Å²) in [5.41, 5.74) is 7.46. The zero-order valence-corrected chi connectivity index (χ0v) is 12.2. The van der Waals surface area contributed by atoms with Gasteiger partial charge in [-0.05, 0) is 28.1 Å². The fraction of sp³-hybridized carbons (Fsp3) is 0.417. The van der Waals surface area contributed by atoms with Crippen molar-refractivity contribution in [2.24, 2.45) is 5.73 Å². The third kappa shape index (κ3) is 3.41. The highest BCUT2D eigenvalue weighted by atomic mass is 79.9. The second-order valence-corrected chi connectivity index (χ2v) is 5.27. The van der Waals surface area contributed by atoms with E-state index in [0.29, 0.717) is 31.4 Å². The highest BCUT2D eigenvalue weighted by molar-refractivity contribution is 9.10. The van der Waals surface area contributed by atoms with Crippen LogP contribution in [0, 0.1) is 0 Å². The molecule has 0 bridgehead atoms. The minimum Gasteiger partial charge on any atom is -0.389 e. The van der Waals surface area contributed by atoms with E-state index in [1.165, 1.54) is 0 Å². The highest BCUT2D eigenvalue weighted by Crippen LogP contribution is 2.24. The van der Waals surface area contributed by atoms with Gasteiger partial charge in [0.15, 0.2) is 0 Å². The number of rotatable bonds is 4. The molecular formula is C12H15BrN2O2S. The van der Waals surface area contributed by atoms with Crippen molar-refractivity contribution >= 4 is 38.8 Å². The topological polar surface area (TPSA) is 56.5 Å². The lowest BCUT2D eigenvalue weighted by Gasteiger charge is -2.24. The van der Waals surface area contributed by atoms with Crippen LogP contribution < -0.4 is 11.1 Å². The largest absolute Gasteiger partial charge is 0.389 e. The van der Waals surface area contributed by atoms with Crippen LogP contribution in [0.1, 0.15) is 5.56 Å². The summed E-state index contributed by atoms with van der Waals surface area (Å²) in [6.45, 7) is 2.61. The third-order valence-electron chi connectivity index (χ3n) is 2.67. The maximum Gasteiger partial charge on any atom is 0.107 e. The lowest BCUT2D eigenvalue weighted by atomic mass is 10.1. The molecule has 1 aliphatic heterocycles. The van der Waals surface area contributed by atoms with E-state index in [9.17, 15) is 0 Å². The Morgan fingerprint density at radius 1 is 1.50 bits per heavy atom. The number of hydrogen-bond acceptors (Lipinski definition) is 4. The van der Waals surface area contributed by atoms with E-state index in [1.807, 2.05) is 18.2 Å². The minimum absolute atomic E-state index is 0.0666. The van der Waals surface area contributed by atoms with Crippen molar-refractivity contribution in [1.82, 2.24) is 0 Å². The fourth-order valence-corrected chi connectivity index (χ4v) is 2.73. The summed E-state index contributed by atoms with van der Waals surface area (Å²) < 4.78 is 11.8. The van der Waals surface area contributed by atoms with E-state index in [-0.39, 0.29) is 6.10 Å². The summed E-state index contributed by atoms with van der Waals surface area (Å²) >= 11 is 8.51. The number of anilines is 1. The molecule has 2 rings (SSSR count). The maximum absolute atomic E-state index is 5.73. The Hall–Kier alpha value is -0.690. The minimum atomic E-state index is 0.0666. The third-order valence-corrected chi connectivity index (χ3v) is 3.53. The molecule has 1 aromatic rings. The molecule has 1 fully saturated rings. The number of nitrogens with one attached hydrogen (secondary N) is 1. The smallest absolute Gasteiger partial charge is 0.107 e. The van der Waals surface area contributed by atoms with Crippen molar-refractivity contribution in [1.29, 1.82) is 0 Å². The van der Waals surface area contributed by atoms with Gasteiger partial charge >= 0.3 is 0 Å². The van der Waals surface area contributed by atoms with Gasteiger partial charge in [-0.3, -0.25) is 0 Å². The van der Waals surface area contributed by atoms with Gasteiger partial charge in [-0.25, -0.2) is 0 Å². The van der Waals surface area contributed by atoms with Crippen LogP contribution in [0.2, 0.25) is 0 Å². The molecule has 0 aliphatic carbocycles. The second kappa shape index (κ2) is 6.47. The standard InChI is InChI=1S/C12H15BrN2O2S/c13-9-2-1-3-10(11(9)12(14)18)15-6-8-7-16-4-5-17-8/h1-3,8,15H,4-7H2,(H2,14,18). The summed E-state index contributed by atoms with van der Waals surface area (Å²) in [5, 5.41) is 3.30. The van der Waals surface area contributed by atoms with Gasteiger partial charge in [-0.15, -0.1) is 0 Å². The number of halogens is 1. The zero-order chi connectivity index (χ0) is 13.0. The van der Waals surface area contributed by atoms with Gasteiger partial charge in [0.2, 0.25) is 0 Å². The Labute approximate surface area is 120 Å². The number of nitrogens with two attached hydrogens (primary N) is 1. The molecule has 0 amide bonds. The van der Waals surface area contributed by atoms with Gasteiger partial charge < -0.3 is 20.5 Å². The average Bonchev–Trinajstić information content (AvgIpc) is 2.37. The summed E-state index contributed by atoms with van der Waals surface area (Å²) in [6, 6.07) is 5.80. The van der Waals surface area contributed by atoms with E-state index >= 15 is 0 Å². The molecule has 0 aromatic heterocycles. The van der Waals surface area contributed by atoms with Crippen LogP contribution in [-0.4, -0.2) is 37.5 Å². The molecule has 0 saturated carbocycles. The first-order valence-corrected chi connectivity index (χ1v) is 6.90. The van der Waals surface area contributed by atoms with Gasteiger partial charge in [-0.2, -0.15) is 0 Å². The quantitative estimate of drug-likeness (QED) is 0.826. The van der Waals surface area contributed by atoms with Gasteiger partial charge in [0, 0.05) is 22.3 Å². The number of hydrogen-bond donors (Lipinski definition) is 2. The zero-order valence-electron chi connectivity index (χ0n) is 9.82. The molecule has 1 saturated heterocycles. The van der Waals surface area contributed by atoms with Crippen LogP contribution in [0.15, 0.2) is 22.7 Å². The first-order chi connectivity index (χ1) is 8.68. The van der Waals surface area contributed by atoms with Crippen molar-refractivity contribution in [3.63, 3.8) is 0 Å². The van der Waals surface area contributed by atoms with Crippen LogP contribution in [0.5, 0.6) is 0 Å². The number of thiocarbonyl (C=S) groups is 1. The lowest BCUT2D eigenvalue weighted by molar-refractivity contribution is -0.0818. The van der Waals surface area contributed by atoms with E-state index in [2.05, 4.69) is 21.2 Å². The molecule has 4 nitrogen and oxygen atoms in total. The molecular weight excluding hydrogens is 316 g/mol. The van der Waals surface area contributed by atoms with Crippen LogP contribution in [-0.2, 0) is 9.47 Å². The molecule has 1 heterocycles. The number of ether oxygens (including phenoxy) is 2. The molecule has 1 aliphatic rings. The Balaban J connectivity index is 2.04. The first-order valence-electron chi connectivity index (χ1n) is 5.70. The molecule has 6 heteroatoms. The van der Waals surface area contributed by atoms with Crippen LogP contribution in [0.4, 0.5) is 5.69 Å². The molecule has 0 spiro atoms. The van der Waals surface area contributed by atoms with Crippen molar-refractivity contribution in [2.75, 3.05) is 31.7 Å². The van der Waals surface area contributed by atoms with E-state index in [1.54, 1.807) is 0 Å². The molecule has 98 valence electrons. The molecule has 18 heavy (non-hydrogen) atoms. The van der Waals surface area contributed by atoms with Crippen molar-refractivity contribution in [2.45, 2.75) is 6.10 Å². The van der Waals surface area contributed by atoms with Crippen molar-refractivity contribution < 1.29 is 9.47 Å². The Morgan fingerprint density at radius 2 is 2.33 bits per heavy atom. The van der Waals surface area contributed by atoms with E-state index in [0.717, 1.165) is 15.7 Å². The van der Waals surface area contributed by atoms with E-state index < -0.39 is 0 Å². The van der Waals surface area contributed by atoms with Gasteiger partial charge in [0.1, 0.15) is 4.99 Å². The second-order valence-electron chi connectivity index (χ2n) is 3.98. The summed E-state index contributed by atoms with van der Waals surface area (Å²) in [7, 11) is 0. The van der Waals surface area contributed by atoms with Crippen LogP contribution in [0.3, 0.4) is 0 Å². The number of benzene rings is 1. The van der Waals surface area contributed by atoms with Gasteiger partial charge in [0.05, 0.1) is 25.9 Å². The summed E-state index contributed by atoms with van der Waals surface area (Å²) in [6.07, 6.45) is 0.0666. The fourth-order valence-electron chi connectivity index (χ4n) is 1.80. The predicted molar refractivity (Wildman–Crippen MR) is 79.1 cm³/mol. The van der Waals surface area contributed by atoms with Gasteiger partial charge in [-0.1, -0.05) is 18.3 Å². The van der Waals surface area contributed by atoms with Crippen molar-refractivity contribution in [3.05, 3.63) is 28.2 Å². The van der Waals surface area contributed by atoms with Crippen LogP contribution >= 0.6 is 28.1 Å². The Bertz CT molecular complexity index is 436. The Morgan fingerprint density at radius 3 is 3.00 bits per heavy atom. The van der Waals surface area contributed by atoms with Crippen molar-refractivity contribution in [3.8, 4) is 0 Å². The predicted octanol–water partition coefficient (Wildman–Crippen LogP) is 1.91. The SMILES string of the molecule is NC(=S)c1c(Br)cccc1NCC1COCCO1. The van der Waals surface area contributed by atoms with Gasteiger partial charge in [0.25, 0.3) is 0 Å². The Kier molecular flexibility index (Phi) is 4.94. The molecule has 1 unspecified atom stereocenters. The molecule has 0 radical (unpaired) electrons. The highest BCUT2D eigenvalue weighted by Gasteiger charge is 2.15. The maximum atomic E-state index is 5.73. The molecule has 1 aromatic carbocycles. The summed E-state index contributed by atoms with van der Waals surface area (Å²) in [4.78, 5) is 0.366. The van der Waals surface area contributed by atoms with Crippen LogP contribution in [0.25, 0.3) is 0 Å². The first kappa shape index (κ1) is 13.7. The van der Waals surface area contributed by atoms with E-state index in [4.69, 9.17) is 27.4 Å².